The maximum absolute atomic E-state index is 12.4. The van der Waals surface area contributed by atoms with Crippen LogP contribution >= 0.6 is 0 Å². The van der Waals surface area contributed by atoms with Crippen LogP contribution < -0.4 is 5.32 Å². The van der Waals surface area contributed by atoms with Crippen LogP contribution in [0.15, 0.2) is 12.1 Å². The van der Waals surface area contributed by atoms with E-state index in [1.807, 2.05) is 26.0 Å². The van der Waals surface area contributed by atoms with Crippen LogP contribution in [-0.2, 0) is 4.74 Å². The first-order chi connectivity index (χ1) is 9.08. The van der Waals surface area contributed by atoms with Crippen molar-refractivity contribution in [3.05, 3.63) is 29.1 Å². The van der Waals surface area contributed by atoms with Gasteiger partial charge in [0, 0.05) is 32.4 Å². The van der Waals surface area contributed by atoms with Crippen LogP contribution in [-0.4, -0.2) is 55.2 Å². The molecular weight excluding hydrogens is 242 g/mol. The molecule has 5 heteroatoms. The average molecular weight is 263 g/mol. The Balaban J connectivity index is 2.01. The molecule has 2 heterocycles. The number of aromatic nitrogens is 1. The van der Waals surface area contributed by atoms with E-state index >= 15 is 0 Å². The molecule has 1 aliphatic heterocycles. The lowest BCUT2D eigenvalue weighted by Gasteiger charge is -2.28. The molecule has 1 N–H and O–H groups in total. The van der Waals surface area contributed by atoms with Gasteiger partial charge in [-0.05, 0) is 26.0 Å². The summed E-state index contributed by atoms with van der Waals surface area (Å²) in [7, 11) is 1.81. The molecule has 1 unspecified atom stereocenters. The quantitative estimate of drug-likeness (QED) is 0.874. The minimum absolute atomic E-state index is 0.000765. The molecule has 2 rings (SSSR count). The van der Waals surface area contributed by atoms with Gasteiger partial charge in [-0.25, -0.2) is 0 Å². The lowest BCUT2D eigenvalue weighted by atomic mass is 10.1. The summed E-state index contributed by atoms with van der Waals surface area (Å²) in [4.78, 5) is 18.4. The van der Waals surface area contributed by atoms with Crippen molar-refractivity contribution >= 4 is 5.91 Å². The topological polar surface area (TPSA) is 54.5 Å². The van der Waals surface area contributed by atoms with E-state index in [1.165, 1.54) is 0 Å². The van der Waals surface area contributed by atoms with Gasteiger partial charge in [0.1, 0.15) is 0 Å². The highest BCUT2D eigenvalue weighted by molar-refractivity contribution is 5.95. The normalized spacial score (nSPS) is 19.2. The number of amides is 1. The van der Waals surface area contributed by atoms with Gasteiger partial charge in [-0.2, -0.15) is 0 Å². The second-order valence-electron chi connectivity index (χ2n) is 4.97. The van der Waals surface area contributed by atoms with Crippen molar-refractivity contribution in [2.75, 3.05) is 33.3 Å². The molecular formula is C14H21N3O2. The van der Waals surface area contributed by atoms with Crippen LogP contribution in [0.4, 0.5) is 0 Å². The van der Waals surface area contributed by atoms with Crippen LogP contribution in [0, 0.1) is 13.8 Å². The van der Waals surface area contributed by atoms with Crippen molar-refractivity contribution in [1.82, 2.24) is 15.2 Å². The van der Waals surface area contributed by atoms with Gasteiger partial charge in [0.25, 0.3) is 5.91 Å². The third kappa shape index (κ3) is 3.52. The molecule has 1 saturated heterocycles. The lowest BCUT2D eigenvalue weighted by Crippen LogP contribution is -2.45. The Morgan fingerprint density at radius 1 is 1.53 bits per heavy atom. The lowest BCUT2D eigenvalue weighted by molar-refractivity contribution is 0.0103. The van der Waals surface area contributed by atoms with Crippen molar-refractivity contribution < 1.29 is 9.53 Å². The van der Waals surface area contributed by atoms with Gasteiger partial charge in [-0.3, -0.25) is 9.78 Å². The number of rotatable bonds is 3. The number of aryl methyl sites for hydroxylation is 2. The van der Waals surface area contributed by atoms with Gasteiger partial charge in [0.05, 0.1) is 24.0 Å². The van der Waals surface area contributed by atoms with Gasteiger partial charge in [-0.15, -0.1) is 0 Å². The maximum atomic E-state index is 12.4. The summed E-state index contributed by atoms with van der Waals surface area (Å²) in [5.74, 6) is -0.000765. The zero-order valence-corrected chi connectivity index (χ0v) is 11.8. The Morgan fingerprint density at radius 2 is 2.32 bits per heavy atom. The molecule has 1 aliphatic rings. The Bertz CT molecular complexity index is 456. The number of pyridine rings is 1. The fourth-order valence-corrected chi connectivity index (χ4v) is 2.24. The fourth-order valence-electron chi connectivity index (χ4n) is 2.24. The first-order valence-corrected chi connectivity index (χ1v) is 6.60. The molecule has 0 aliphatic carbocycles. The van der Waals surface area contributed by atoms with Gasteiger partial charge < -0.3 is 15.0 Å². The summed E-state index contributed by atoms with van der Waals surface area (Å²) in [6, 6.07) is 3.71. The van der Waals surface area contributed by atoms with E-state index in [0.29, 0.717) is 18.7 Å². The number of nitrogens with zero attached hydrogens (tertiary/aromatic N) is 2. The smallest absolute Gasteiger partial charge is 0.255 e. The summed E-state index contributed by atoms with van der Waals surface area (Å²) in [6.45, 7) is 6.77. The van der Waals surface area contributed by atoms with Crippen LogP contribution in [0.5, 0.6) is 0 Å². The van der Waals surface area contributed by atoms with Crippen molar-refractivity contribution in [2.45, 2.75) is 20.0 Å². The van der Waals surface area contributed by atoms with Crippen LogP contribution in [0.25, 0.3) is 0 Å². The highest BCUT2D eigenvalue weighted by atomic mass is 16.5. The molecule has 1 aromatic heterocycles. The molecule has 1 amide bonds. The predicted octanol–water partition coefficient (Wildman–Crippen LogP) is 0.759. The van der Waals surface area contributed by atoms with Crippen LogP contribution in [0.1, 0.15) is 21.7 Å². The number of morpholine rings is 1. The third-order valence-corrected chi connectivity index (χ3v) is 3.28. The highest BCUT2D eigenvalue weighted by Crippen LogP contribution is 2.10. The molecule has 1 aromatic rings. The van der Waals surface area contributed by atoms with Gasteiger partial charge in [0.15, 0.2) is 0 Å². The minimum Gasteiger partial charge on any atom is -0.374 e. The summed E-state index contributed by atoms with van der Waals surface area (Å²) >= 11 is 0. The van der Waals surface area contributed by atoms with Gasteiger partial charge >= 0.3 is 0 Å². The van der Waals surface area contributed by atoms with E-state index in [-0.39, 0.29) is 12.0 Å². The van der Waals surface area contributed by atoms with Crippen LogP contribution in [0.2, 0.25) is 0 Å². The SMILES string of the molecule is Cc1ccc(C(=O)N(C)CC2CNCCO2)c(C)n1. The fraction of sp³-hybridized carbons (Fsp3) is 0.571. The Kier molecular flexibility index (Phi) is 4.50. The van der Waals surface area contributed by atoms with E-state index in [4.69, 9.17) is 4.74 Å². The Hall–Kier alpha value is -1.46. The minimum atomic E-state index is -0.000765. The zero-order chi connectivity index (χ0) is 13.8. The van der Waals surface area contributed by atoms with Gasteiger partial charge in [0.2, 0.25) is 0 Å². The number of carbonyl (C=O) groups excluding carboxylic acids is 1. The predicted molar refractivity (Wildman–Crippen MR) is 73.3 cm³/mol. The first kappa shape index (κ1) is 14.0. The molecule has 0 saturated carbocycles. The number of ether oxygens (including phenoxy) is 1. The second kappa shape index (κ2) is 6.12. The summed E-state index contributed by atoms with van der Waals surface area (Å²) < 4.78 is 5.61. The molecule has 19 heavy (non-hydrogen) atoms. The molecule has 104 valence electrons. The molecule has 1 atom stereocenters. The van der Waals surface area contributed by atoms with E-state index < -0.39 is 0 Å². The summed E-state index contributed by atoms with van der Waals surface area (Å²) in [5, 5.41) is 3.26. The largest absolute Gasteiger partial charge is 0.374 e. The summed E-state index contributed by atoms with van der Waals surface area (Å²) in [6.07, 6.45) is 0.0708. The van der Waals surface area contributed by atoms with Crippen molar-refractivity contribution in [1.29, 1.82) is 0 Å². The van der Waals surface area contributed by atoms with E-state index in [9.17, 15) is 4.79 Å². The first-order valence-electron chi connectivity index (χ1n) is 6.60. The number of carbonyl (C=O) groups is 1. The molecule has 0 bridgehead atoms. The third-order valence-electron chi connectivity index (χ3n) is 3.28. The molecule has 0 radical (unpaired) electrons. The Labute approximate surface area is 114 Å². The maximum Gasteiger partial charge on any atom is 0.255 e. The number of hydrogen-bond donors (Lipinski definition) is 1. The number of hydrogen-bond acceptors (Lipinski definition) is 4. The average Bonchev–Trinajstić information content (AvgIpc) is 2.39. The van der Waals surface area contributed by atoms with Crippen molar-refractivity contribution in [3.8, 4) is 0 Å². The summed E-state index contributed by atoms with van der Waals surface area (Å²) in [5.41, 5.74) is 2.37. The van der Waals surface area contributed by atoms with E-state index in [1.54, 1.807) is 11.9 Å². The number of likely N-dealkylation sites (N-methyl/N-ethyl adjacent to an activating group) is 1. The van der Waals surface area contributed by atoms with E-state index in [2.05, 4.69) is 10.3 Å². The molecule has 1 fully saturated rings. The second-order valence-corrected chi connectivity index (χ2v) is 4.97. The monoisotopic (exact) mass is 263 g/mol. The zero-order valence-electron chi connectivity index (χ0n) is 11.8. The highest BCUT2D eigenvalue weighted by Gasteiger charge is 2.20. The standard InChI is InChI=1S/C14H21N3O2/c1-10-4-5-13(11(2)16-10)14(18)17(3)9-12-8-15-6-7-19-12/h4-5,12,15H,6-9H2,1-3H3. The molecule has 0 aromatic carbocycles. The number of nitrogens with one attached hydrogen (secondary N) is 1. The van der Waals surface area contributed by atoms with E-state index in [0.717, 1.165) is 24.5 Å². The Morgan fingerprint density at radius 3 is 2.95 bits per heavy atom. The van der Waals surface area contributed by atoms with Gasteiger partial charge in [-0.1, -0.05) is 0 Å². The molecule has 5 nitrogen and oxygen atoms in total. The van der Waals surface area contributed by atoms with Crippen molar-refractivity contribution in [3.63, 3.8) is 0 Å². The van der Waals surface area contributed by atoms with Crippen LogP contribution in [0.3, 0.4) is 0 Å². The van der Waals surface area contributed by atoms with Crippen molar-refractivity contribution in [2.24, 2.45) is 0 Å². The molecule has 0 spiro atoms.